The number of nitrogens with zero attached hydrogens (tertiary/aromatic N) is 2. The normalized spacial score (nSPS) is 10.7. The molecule has 18 heavy (non-hydrogen) atoms. The first-order chi connectivity index (χ1) is 8.66. The van der Waals surface area contributed by atoms with E-state index in [1.807, 2.05) is 43.3 Å². The summed E-state index contributed by atoms with van der Waals surface area (Å²) in [5, 5.41) is 10.9. The maximum atomic E-state index is 10.9. The summed E-state index contributed by atoms with van der Waals surface area (Å²) in [5.74, 6) is 0. The fourth-order valence-corrected chi connectivity index (χ4v) is 1.57. The van der Waals surface area contributed by atoms with Gasteiger partial charge in [-0.3, -0.25) is 10.1 Å². The van der Waals surface area contributed by atoms with Crippen molar-refractivity contribution in [1.29, 1.82) is 0 Å². The van der Waals surface area contributed by atoms with Crippen molar-refractivity contribution in [1.82, 2.24) is 0 Å². The number of benzene rings is 2. The minimum atomic E-state index is -0.412. The van der Waals surface area contributed by atoms with E-state index in [4.69, 9.17) is 0 Å². The largest absolute Gasteiger partial charge is 0.295 e. The number of rotatable bonds is 3. The standard InChI is InChI=1S/C14H12N2O2/c1-11-7-8-13(14(9-11)16(17)18)15-10-12-5-3-2-4-6-12/h2-10H,1H3. The summed E-state index contributed by atoms with van der Waals surface area (Å²) in [6.07, 6.45) is 1.62. The van der Waals surface area contributed by atoms with Crippen LogP contribution in [-0.2, 0) is 0 Å². The summed E-state index contributed by atoms with van der Waals surface area (Å²) in [6.45, 7) is 1.82. The summed E-state index contributed by atoms with van der Waals surface area (Å²) in [6, 6.07) is 14.5. The molecular formula is C14H12N2O2. The third-order valence-electron chi connectivity index (χ3n) is 2.48. The van der Waals surface area contributed by atoms with Crippen LogP contribution in [0.3, 0.4) is 0 Å². The Kier molecular flexibility index (Phi) is 3.48. The van der Waals surface area contributed by atoms with Gasteiger partial charge in [0.1, 0.15) is 5.69 Å². The third-order valence-corrected chi connectivity index (χ3v) is 2.48. The molecule has 0 fully saturated rings. The van der Waals surface area contributed by atoms with Gasteiger partial charge in [0.25, 0.3) is 5.69 Å². The highest BCUT2D eigenvalue weighted by Gasteiger charge is 2.12. The van der Waals surface area contributed by atoms with Crippen LogP contribution in [0.25, 0.3) is 0 Å². The Morgan fingerprint density at radius 3 is 2.56 bits per heavy atom. The van der Waals surface area contributed by atoms with E-state index in [9.17, 15) is 10.1 Å². The Balaban J connectivity index is 2.35. The van der Waals surface area contributed by atoms with E-state index in [2.05, 4.69) is 4.99 Å². The topological polar surface area (TPSA) is 55.5 Å². The van der Waals surface area contributed by atoms with E-state index in [0.717, 1.165) is 11.1 Å². The predicted molar refractivity (Wildman–Crippen MR) is 71.5 cm³/mol. The fraction of sp³-hybridized carbons (Fsp3) is 0.0714. The van der Waals surface area contributed by atoms with Gasteiger partial charge in [-0.25, -0.2) is 4.99 Å². The lowest BCUT2D eigenvalue weighted by atomic mass is 10.2. The molecule has 0 saturated carbocycles. The molecule has 4 nitrogen and oxygen atoms in total. The maximum absolute atomic E-state index is 10.9. The average Bonchev–Trinajstić information content (AvgIpc) is 2.38. The van der Waals surface area contributed by atoms with Crippen LogP contribution in [0.5, 0.6) is 0 Å². The lowest BCUT2D eigenvalue weighted by molar-refractivity contribution is -0.384. The molecule has 0 aliphatic heterocycles. The molecule has 0 N–H and O–H groups in total. The van der Waals surface area contributed by atoms with Crippen LogP contribution in [-0.4, -0.2) is 11.1 Å². The van der Waals surface area contributed by atoms with E-state index in [0.29, 0.717) is 5.69 Å². The van der Waals surface area contributed by atoms with Crippen molar-refractivity contribution in [2.24, 2.45) is 4.99 Å². The zero-order valence-electron chi connectivity index (χ0n) is 9.91. The smallest absolute Gasteiger partial charge is 0.258 e. The van der Waals surface area contributed by atoms with E-state index in [1.165, 1.54) is 6.07 Å². The molecule has 2 aromatic rings. The van der Waals surface area contributed by atoms with Crippen LogP contribution in [0.1, 0.15) is 11.1 Å². The lowest BCUT2D eigenvalue weighted by Crippen LogP contribution is -1.89. The molecule has 0 unspecified atom stereocenters. The second-order valence-corrected chi connectivity index (χ2v) is 3.92. The van der Waals surface area contributed by atoms with Gasteiger partial charge in [-0.1, -0.05) is 36.4 Å². The van der Waals surface area contributed by atoms with Crippen LogP contribution in [0.2, 0.25) is 0 Å². The Morgan fingerprint density at radius 2 is 1.89 bits per heavy atom. The molecule has 0 atom stereocenters. The molecule has 0 radical (unpaired) electrons. The number of aryl methyl sites for hydroxylation is 1. The van der Waals surface area contributed by atoms with Gasteiger partial charge in [0, 0.05) is 12.3 Å². The molecule has 0 saturated heterocycles. The summed E-state index contributed by atoms with van der Waals surface area (Å²) >= 11 is 0. The number of hydrogen-bond donors (Lipinski definition) is 0. The van der Waals surface area contributed by atoms with Crippen molar-refractivity contribution in [3.05, 3.63) is 69.8 Å². The monoisotopic (exact) mass is 240 g/mol. The second kappa shape index (κ2) is 5.23. The van der Waals surface area contributed by atoms with Crippen LogP contribution >= 0.6 is 0 Å². The van der Waals surface area contributed by atoms with E-state index in [1.54, 1.807) is 12.3 Å². The van der Waals surface area contributed by atoms with Crippen LogP contribution in [0.15, 0.2) is 53.5 Å². The fourth-order valence-electron chi connectivity index (χ4n) is 1.57. The Labute approximate surface area is 105 Å². The van der Waals surface area contributed by atoms with Crippen LogP contribution in [0.4, 0.5) is 11.4 Å². The molecule has 4 heteroatoms. The second-order valence-electron chi connectivity index (χ2n) is 3.92. The molecule has 2 rings (SSSR count). The summed E-state index contributed by atoms with van der Waals surface area (Å²) < 4.78 is 0. The van der Waals surface area contributed by atoms with Crippen molar-refractivity contribution >= 4 is 17.6 Å². The Morgan fingerprint density at radius 1 is 1.17 bits per heavy atom. The molecule has 0 heterocycles. The minimum absolute atomic E-state index is 0.0298. The van der Waals surface area contributed by atoms with Gasteiger partial charge < -0.3 is 0 Å². The summed E-state index contributed by atoms with van der Waals surface area (Å²) in [7, 11) is 0. The predicted octanol–water partition coefficient (Wildman–Crippen LogP) is 3.65. The van der Waals surface area contributed by atoms with Gasteiger partial charge in [0.05, 0.1) is 4.92 Å². The van der Waals surface area contributed by atoms with Gasteiger partial charge in [-0.15, -0.1) is 0 Å². The van der Waals surface area contributed by atoms with Crippen molar-refractivity contribution in [2.45, 2.75) is 6.92 Å². The van der Waals surface area contributed by atoms with Crippen LogP contribution < -0.4 is 0 Å². The van der Waals surface area contributed by atoms with Crippen molar-refractivity contribution < 1.29 is 4.92 Å². The van der Waals surface area contributed by atoms with E-state index >= 15 is 0 Å². The molecule has 0 aromatic heterocycles. The number of nitro benzene ring substituents is 1. The van der Waals surface area contributed by atoms with Crippen molar-refractivity contribution in [3.8, 4) is 0 Å². The number of hydrogen-bond acceptors (Lipinski definition) is 3. The molecular weight excluding hydrogens is 228 g/mol. The average molecular weight is 240 g/mol. The summed E-state index contributed by atoms with van der Waals surface area (Å²) in [4.78, 5) is 14.7. The molecule has 0 aliphatic carbocycles. The molecule has 90 valence electrons. The molecule has 0 amide bonds. The highest BCUT2D eigenvalue weighted by Crippen LogP contribution is 2.27. The van der Waals surface area contributed by atoms with Crippen molar-refractivity contribution in [2.75, 3.05) is 0 Å². The molecule has 0 aliphatic rings. The van der Waals surface area contributed by atoms with Crippen molar-refractivity contribution in [3.63, 3.8) is 0 Å². The lowest BCUT2D eigenvalue weighted by Gasteiger charge is -1.98. The third kappa shape index (κ3) is 2.79. The van der Waals surface area contributed by atoms with E-state index in [-0.39, 0.29) is 5.69 Å². The van der Waals surface area contributed by atoms with Gasteiger partial charge >= 0.3 is 0 Å². The number of aliphatic imine (C=N–C) groups is 1. The maximum Gasteiger partial charge on any atom is 0.295 e. The molecule has 0 spiro atoms. The van der Waals surface area contributed by atoms with Gasteiger partial charge in [0.2, 0.25) is 0 Å². The van der Waals surface area contributed by atoms with Gasteiger partial charge in [-0.05, 0) is 24.1 Å². The molecule has 2 aromatic carbocycles. The highest BCUT2D eigenvalue weighted by atomic mass is 16.6. The van der Waals surface area contributed by atoms with Gasteiger partial charge in [-0.2, -0.15) is 0 Å². The first kappa shape index (κ1) is 12.0. The highest BCUT2D eigenvalue weighted by molar-refractivity contribution is 5.83. The number of nitro groups is 1. The molecule has 0 bridgehead atoms. The van der Waals surface area contributed by atoms with E-state index < -0.39 is 4.92 Å². The Hall–Kier alpha value is -2.49. The first-order valence-electron chi connectivity index (χ1n) is 5.51. The zero-order chi connectivity index (χ0) is 13.0. The SMILES string of the molecule is Cc1ccc(N=Cc2ccccc2)c([N+](=O)[O-])c1. The first-order valence-corrected chi connectivity index (χ1v) is 5.51. The Bertz CT molecular complexity index is 592. The summed E-state index contributed by atoms with van der Waals surface area (Å²) in [5.41, 5.74) is 2.16. The zero-order valence-corrected chi connectivity index (χ0v) is 9.91. The quantitative estimate of drug-likeness (QED) is 0.467. The van der Waals surface area contributed by atoms with Gasteiger partial charge in [0.15, 0.2) is 0 Å². The minimum Gasteiger partial charge on any atom is -0.258 e. The van der Waals surface area contributed by atoms with Crippen LogP contribution in [0, 0.1) is 17.0 Å².